The van der Waals surface area contributed by atoms with Crippen molar-refractivity contribution in [3.63, 3.8) is 0 Å². The number of nitro benzene ring substituents is 1. The van der Waals surface area contributed by atoms with Crippen LogP contribution in [0.3, 0.4) is 0 Å². The minimum atomic E-state index is -1.33. The number of anilines is 1. The van der Waals surface area contributed by atoms with Crippen LogP contribution in [0.15, 0.2) is 28.7 Å². The van der Waals surface area contributed by atoms with Gasteiger partial charge < -0.3 is 9.64 Å². The molecule has 9 heteroatoms. The van der Waals surface area contributed by atoms with Crippen LogP contribution in [0.1, 0.15) is 31.7 Å². The third kappa shape index (κ3) is 3.59. The molecular weight excluding hydrogens is 450 g/mol. The van der Waals surface area contributed by atoms with Gasteiger partial charge in [0.15, 0.2) is 11.6 Å². The first-order valence-corrected chi connectivity index (χ1v) is 10.0. The van der Waals surface area contributed by atoms with E-state index in [4.69, 9.17) is 4.74 Å². The van der Waals surface area contributed by atoms with Gasteiger partial charge in [-0.05, 0) is 60.7 Å². The summed E-state index contributed by atoms with van der Waals surface area (Å²) in [4.78, 5) is 25.0. The Balaban J connectivity index is 1.80. The van der Waals surface area contributed by atoms with Gasteiger partial charge in [0.25, 0.3) is 0 Å². The monoisotopic (exact) mass is 466 g/mol. The number of rotatable bonds is 4. The quantitative estimate of drug-likeness (QED) is 0.440. The van der Waals surface area contributed by atoms with Crippen molar-refractivity contribution in [2.45, 2.75) is 38.6 Å². The van der Waals surface area contributed by atoms with E-state index in [9.17, 15) is 23.7 Å². The fraction of sp³-hybridized carbons (Fsp3) is 0.350. The minimum Gasteiger partial charge on any atom is -0.448 e. The fourth-order valence-corrected chi connectivity index (χ4v) is 4.05. The van der Waals surface area contributed by atoms with Crippen LogP contribution in [0, 0.1) is 27.7 Å². The summed E-state index contributed by atoms with van der Waals surface area (Å²) in [6, 6.07) is 4.67. The summed E-state index contributed by atoms with van der Waals surface area (Å²) in [5.74, 6) is -2.62. The van der Waals surface area contributed by atoms with E-state index in [1.165, 1.54) is 0 Å². The lowest BCUT2D eigenvalue weighted by atomic mass is 9.95. The van der Waals surface area contributed by atoms with Gasteiger partial charge in [0.2, 0.25) is 11.7 Å². The lowest BCUT2D eigenvalue weighted by Crippen LogP contribution is -2.43. The molecule has 0 radical (unpaired) electrons. The molecule has 6 nitrogen and oxygen atoms in total. The first-order chi connectivity index (χ1) is 13.8. The molecule has 0 N–H and O–H groups in total. The first kappa shape index (κ1) is 19.8. The number of ether oxygens (including phenoxy) is 1. The van der Waals surface area contributed by atoms with Crippen LogP contribution >= 0.6 is 15.9 Å². The number of carbonyl (C=O) groups excluding carboxylic acids is 1. The van der Waals surface area contributed by atoms with Gasteiger partial charge in [0, 0.05) is 23.6 Å². The number of amides is 1. The maximum atomic E-state index is 13.7. The van der Waals surface area contributed by atoms with Crippen molar-refractivity contribution in [3.05, 3.63) is 56.1 Å². The standard InChI is InChI=1S/C20H17BrF2N2O4/c1-10-2-5-12-16(24(10)20(26)11-3-4-11)7-6-13(21)19(12)29-18-9-15(23)14(22)8-17(18)25(27)28/h6-11H,2-5H2,1H3. The second-order valence-corrected chi connectivity index (χ2v) is 8.19. The van der Waals surface area contributed by atoms with E-state index in [0.717, 1.165) is 12.8 Å². The molecule has 29 heavy (non-hydrogen) atoms. The van der Waals surface area contributed by atoms with Gasteiger partial charge in [0.1, 0.15) is 5.75 Å². The van der Waals surface area contributed by atoms with E-state index in [0.29, 0.717) is 40.7 Å². The van der Waals surface area contributed by atoms with Crippen LogP contribution in [-0.2, 0) is 11.2 Å². The second-order valence-electron chi connectivity index (χ2n) is 7.34. The number of halogens is 3. The molecule has 0 bridgehead atoms. The van der Waals surface area contributed by atoms with Gasteiger partial charge >= 0.3 is 5.69 Å². The smallest absolute Gasteiger partial charge is 0.314 e. The molecular formula is C20H17BrF2N2O4. The highest BCUT2D eigenvalue weighted by Crippen LogP contribution is 2.46. The predicted molar refractivity (Wildman–Crippen MR) is 105 cm³/mol. The SMILES string of the molecule is CC1CCc2c(ccc(Br)c2Oc2cc(F)c(F)cc2[N+](=O)[O-])N1C(=O)C1CC1. The largest absolute Gasteiger partial charge is 0.448 e. The van der Waals surface area contributed by atoms with Crippen molar-refractivity contribution in [3.8, 4) is 11.5 Å². The zero-order valence-electron chi connectivity index (χ0n) is 15.5. The van der Waals surface area contributed by atoms with Gasteiger partial charge in [0.05, 0.1) is 21.1 Å². The molecule has 1 heterocycles. The van der Waals surface area contributed by atoms with E-state index >= 15 is 0 Å². The van der Waals surface area contributed by atoms with Crippen LogP contribution < -0.4 is 9.64 Å². The van der Waals surface area contributed by atoms with Gasteiger partial charge in [-0.3, -0.25) is 14.9 Å². The molecule has 2 aromatic carbocycles. The number of benzene rings is 2. The van der Waals surface area contributed by atoms with Crippen LogP contribution in [0.5, 0.6) is 11.5 Å². The highest BCUT2D eigenvalue weighted by Gasteiger charge is 2.39. The molecule has 1 aliphatic heterocycles. The average molecular weight is 467 g/mol. The molecule has 2 aromatic rings. The Labute approximate surface area is 173 Å². The van der Waals surface area contributed by atoms with E-state index < -0.39 is 28.0 Å². The zero-order chi connectivity index (χ0) is 20.9. The Morgan fingerprint density at radius 1 is 1.24 bits per heavy atom. The molecule has 0 saturated heterocycles. The molecule has 1 saturated carbocycles. The number of carbonyl (C=O) groups is 1. The Morgan fingerprint density at radius 3 is 2.59 bits per heavy atom. The molecule has 2 aliphatic rings. The van der Waals surface area contributed by atoms with E-state index in [2.05, 4.69) is 15.9 Å². The summed E-state index contributed by atoms with van der Waals surface area (Å²) in [7, 11) is 0. The van der Waals surface area contributed by atoms with Gasteiger partial charge in [-0.25, -0.2) is 8.78 Å². The molecule has 1 amide bonds. The Bertz CT molecular complexity index is 1030. The van der Waals surface area contributed by atoms with Crippen LogP contribution in [-0.4, -0.2) is 16.9 Å². The molecule has 1 aliphatic carbocycles. The lowest BCUT2D eigenvalue weighted by Gasteiger charge is -2.36. The van der Waals surface area contributed by atoms with Gasteiger partial charge in [-0.2, -0.15) is 0 Å². The van der Waals surface area contributed by atoms with Crippen molar-refractivity contribution >= 4 is 33.2 Å². The molecule has 0 spiro atoms. The number of hydrogen-bond acceptors (Lipinski definition) is 4. The highest BCUT2D eigenvalue weighted by molar-refractivity contribution is 9.10. The summed E-state index contributed by atoms with van der Waals surface area (Å²) in [5.41, 5.74) is 0.707. The average Bonchev–Trinajstić information content (AvgIpc) is 3.51. The number of fused-ring (bicyclic) bond motifs is 1. The normalized spacial score (nSPS) is 18.3. The van der Waals surface area contributed by atoms with E-state index in [1.807, 2.05) is 13.0 Å². The summed E-state index contributed by atoms with van der Waals surface area (Å²) < 4.78 is 33.5. The van der Waals surface area contributed by atoms with Crippen LogP contribution in [0.25, 0.3) is 0 Å². The fourth-order valence-electron chi connectivity index (χ4n) is 3.60. The van der Waals surface area contributed by atoms with Gasteiger partial charge in [-0.15, -0.1) is 0 Å². The van der Waals surface area contributed by atoms with E-state index in [-0.39, 0.29) is 23.6 Å². The molecule has 1 unspecified atom stereocenters. The first-order valence-electron chi connectivity index (χ1n) is 9.23. The van der Waals surface area contributed by atoms with Crippen molar-refractivity contribution in [2.75, 3.05) is 4.90 Å². The van der Waals surface area contributed by atoms with Crippen LogP contribution in [0.2, 0.25) is 0 Å². The maximum Gasteiger partial charge on any atom is 0.314 e. The molecule has 1 atom stereocenters. The summed E-state index contributed by atoms with van der Waals surface area (Å²) in [6.07, 6.45) is 3.02. The zero-order valence-corrected chi connectivity index (χ0v) is 17.0. The number of hydrogen-bond donors (Lipinski definition) is 0. The van der Waals surface area contributed by atoms with Gasteiger partial charge in [-0.1, -0.05) is 0 Å². The van der Waals surface area contributed by atoms with Crippen molar-refractivity contribution in [2.24, 2.45) is 5.92 Å². The Morgan fingerprint density at radius 2 is 1.93 bits per heavy atom. The third-order valence-corrected chi connectivity index (χ3v) is 5.90. The van der Waals surface area contributed by atoms with Crippen molar-refractivity contribution in [1.29, 1.82) is 0 Å². The van der Waals surface area contributed by atoms with Crippen molar-refractivity contribution < 1.29 is 23.2 Å². The van der Waals surface area contributed by atoms with Crippen molar-refractivity contribution in [1.82, 2.24) is 0 Å². The topological polar surface area (TPSA) is 72.7 Å². The van der Waals surface area contributed by atoms with Crippen LogP contribution in [0.4, 0.5) is 20.2 Å². The Hall–Kier alpha value is -2.55. The third-order valence-electron chi connectivity index (χ3n) is 5.27. The molecule has 4 rings (SSSR count). The summed E-state index contributed by atoms with van der Waals surface area (Å²) >= 11 is 3.37. The lowest BCUT2D eigenvalue weighted by molar-refractivity contribution is -0.385. The molecule has 1 fully saturated rings. The molecule has 0 aromatic heterocycles. The molecule has 152 valence electrons. The minimum absolute atomic E-state index is 0.0160. The summed E-state index contributed by atoms with van der Waals surface area (Å²) in [6.45, 7) is 1.98. The highest BCUT2D eigenvalue weighted by atomic mass is 79.9. The van der Waals surface area contributed by atoms with E-state index in [1.54, 1.807) is 11.0 Å². The Kier molecular flexibility index (Phi) is 5.02. The predicted octanol–water partition coefficient (Wildman–Crippen LogP) is 5.51. The second kappa shape index (κ2) is 7.37. The number of nitrogens with zero attached hydrogens (tertiary/aromatic N) is 2. The number of nitro groups is 1. The maximum absolute atomic E-state index is 13.7. The summed E-state index contributed by atoms with van der Waals surface area (Å²) in [5, 5.41) is 11.3.